The number of aromatic nitrogens is 1. The lowest BCUT2D eigenvalue weighted by Crippen LogP contribution is -2.49. The van der Waals surface area contributed by atoms with Gasteiger partial charge in [-0.15, -0.1) is 0 Å². The smallest absolute Gasteiger partial charge is 0.296 e. The van der Waals surface area contributed by atoms with Crippen LogP contribution < -0.4 is 0 Å². The Kier molecular flexibility index (Phi) is 4.85. The topological polar surface area (TPSA) is 60.8 Å². The van der Waals surface area contributed by atoms with Crippen molar-refractivity contribution < 1.29 is 19.1 Å². The maximum Gasteiger partial charge on any atom is 0.296 e. The first-order valence-corrected chi connectivity index (χ1v) is 9.39. The molecule has 6 heteroatoms. The van der Waals surface area contributed by atoms with E-state index in [0.717, 1.165) is 5.56 Å². The van der Waals surface area contributed by atoms with Gasteiger partial charge in [0.1, 0.15) is 0 Å². The van der Waals surface area contributed by atoms with Crippen LogP contribution in [0, 0.1) is 6.92 Å². The summed E-state index contributed by atoms with van der Waals surface area (Å²) in [6, 6.07) is 11.7. The molecule has 0 saturated carbocycles. The number of carbonyl (C=O) groups is 2. The Bertz CT molecular complexity index is 824. The second kappa shape index (κ2) is 7.29. The number of Topliss-reactive ketones (excluding diaryl/α,β-unsaturated/α-hetero) is 1. The van der Waals surface area contributed by atoms with Crippen molar-refractivity contribution in [3.63, 3.8) is 0 Å². The molecule has 0 N–H and O–H groups in total. The molecule has 2 aliphatic rings. The molecule has 1 aromatic carbocycles. The summed E-state index contributed by atoms with van der Waals surface area (Å²) in [5, 5.41) is 0. The number of ether oxygens (including phenoxy) is 2. The van der Waals surface area contributed by atoms with Gasteiger partial charge < -0.3 is 18.9 Å². The molecule has 6 nitrogen and oxygen atoms in total. The molecule has 4 rings (SSSR count). The standard InChI is InChI=1S/C21H24N2O4/c1-16-4-6-17(7-5-16)15-23-10-2-3-18(23)19(24)20(25)22-11-8-21(9-12-22)26-13-14-27-21/h2-7,10H,8-9,11-15H2,1H3. The van der Waals surface area contributed by atoms with Gasteiger partial charge >= 0.3 is 0 Å². The molecule has 142 valence electrons. The fourth-order valence-electron chi connectivity index (χ4n) is 3.74. The van der Waals surface area contributed by atoms with Gasteiger partial charge in [0.25, 0.3) is 11.7 Å². The number of aryl methyl sites for hydroxylation is 1. The van der Waals surface area contributed by atoms with Crippen LogP contribution in [0.25, 0.3) is 0 Å². The van der Waals surface area contributed by atoms with Crippen LogP contribution in [0.2, 0.25) is 0 Å². The van der Waals surface area contributed by atoms with E-state index in [0.29, 0.717) is 51.4 Å². The zero-order valence-corrected chi connectivity index (χ0v) is 15.5. The first kappa shape index (κ1) is 17.9. The van der Waals surface area contributed by atoms with Crippen molar-refractivity contribution in [1.29, 1.82) is 0 Å². The molecular formula is C21H24N2O4. The molecule has 0 atom stereocenters. The minimum Gasteiger partial charge on any atom is -0.347 e. The Hall–Kier alpha value is -2.44. The Morgan fingerprint density at radius 2 is 1.70 bits per heavy atom. The number of hydrogen-bond acceptors (Lipinski definition) is 4. The molecule has 2 aromatic rings. The van der Waals surface area contributed by atoms with Crippen LogP contribution in [0.4, 0.5) is 0 Å². The molecule has 2 fully saturated rings. The average Bonchev–Trinajstić information content (AvgIpc) is 3.33. The summed E-state index contributed by atoms with van der Waals surface area (Å²) in [7, 11) is 0. The van der Waals surface area contributed by atoms with Crippen molar-refractivity contribution in [1.82, 2.24) is 9.47 Å². The molecule has 0 radical (unpaired) electrons. The number of rotatable bonds is 4. The molecule has 3 heterocycles. The monoisotopic (exact) mass is 368 g/mol. The quantitative estimate of drug-likeness (QED) is 0.614. The molecule has 27 heavy (non-hydrogen) atoms. The third-order valence-corrected chi connectivity index (χ3v) is 5.36. The average molecular weight is 368 g/mol. The van der Waals surface area contributed by atoms with E-state index < -0.39 is 17.5 Å². The van der Waals surface area contributed by atoms with Gasteiger partial charge in [-0.1, -0.05) is 29.8 Å². The first-order chi connectivity index (χ1) is 13.1. The summed E-state index contributed by atoms with van der Waals surface area (Å²) < 4.78 is 13.2. The summed E-state index contributed by atoms with van der Waals surface area (Å²) in [6.45, 7) is 4.75. The highest BCUT2D eigenvalue weighted by molar-refractivity contribution is 6.42. The zero-order valence-electron chi connectivity index (χ0n) is 15.5. The van der Waals surface area contributed by atoms with Crippen LogP contribution in [0.5, 0.6) is 0 Å². The van der Waals surface area contributed by atoms with Crippen molar-refractivity contribution in [2.24, 2.45) is 0 Å². The van der Waals surface area contributed by atoms with Crippen molar-refractivity contribution in [2.45, 2.75) is 32.1 Å². The summed E-state index contributed by atoms with van der Waals surface area (Å²) >= 11 is 0. The second-order valence-corrected chi connectivity index (χ2v) is 7.24. The molecule has 0 aliphatic carbocycles. The maximum atomic E-state index is 12.8. The lowest BCUT2D eigenvalue weighted by Gasteiger charge is -2.37. The van der Waals surface area contributed by atoms with Crippen LogP contribution in [0.3, 0.4) is 0 Å². The number of ketones is 1. The van der Waals surface area contributed by atoms with Gasteiger partial charge in [-0.2, -0.15) is 0 Å². The molecule has 2 aliphatic heterocycles. The lowest BCUT2D eigenvalue weighted by molar-refractivity contribution is -0.186. The molecule has 0 unspecified atom stereocenters. The largest absolute Gasteiger partial charge is 0.347 e. The number of hydrogen-bond donors (Lipinski definition) is 0. The van der Waals surface area contributed by atoms with Gasteiger partial charge in [0.05, 0.1) is 18.9 Å². The first-order valence-electron chi connectivity index (χ1n) is 9.39. The molecule has 1 amide bonds. The third-order valence-electron chi connectivity index (χ3n) is 5.36. The Morgan fingerprint density at radius 3 is 2.37 bits per heavy atom. The molecular weight excluding hydrogens is 344 g/mol. The third kappa shape index (κ3) is 3.68. The fraction of sp³-hybridized carbons (Fsp3) is 0.429. The SMILES string of the molecule is Cc1ccc(Cn2cccc2C(=O)C(=O)N2CCC3(CC2)OCCO3)cc1. The lowest BCUT2D eigenvalue weighted by atomic mass is 10.0. The summed E-state index contributed by atoms with van der Waals surface area (Å²) in [5.41, 5.74) is 2.71. The van der Waals surface area contributed by atoms with Gasteiger partial charge in [-0.25, -0.2) is 0 Å². The van der Waals surface area contributed by atoms with Gasteiger partial charge in [0.2, 0.25) is 0 Å². The van der Waals surface area contributed by atoms with Gasteiger partial charge in [0.15, 0.2) is 5.79 Å². The van der Waals surface area contributed by atoms with E-state index in [-0.39, 0.29) is 0 Å². The molecule has 1 aromatic heterocycles. The summed E-state index contributed by atoms with van der Waals surface area (Å²) in [6.07, 6.45) is 3.05. The summed E-state index contributed by atoms with van der Waals surface area (Å²) in [4.78, 5) is 27.2. The van der Waals surface area contributed by atoms with Crippen LogP contribution >= 0.6 is 0 Å². The highest BCUT2D eigenvalue weighted by atomic mass is 16.7. The number of benzene rings is 1. The van der Waals surface area contributed by atoms with E-state index in [2.05, 4.69) is 0 Å². The Labute approximate surface area is 158 Å². The maximum absolute atomic E-state index is 12.8. The molecule has 2 saturated heterocycles. The molecule has 0 bridgehead atoms. The van der Waals surface area contributed by atoms with E-state index in [1.54, 1.807) is 17.0 Å². The number of carbonyl (C=O) groups excluding carboxylic acids is 2. The van der Waals surface area contributed by atoms with Crippen molar-refractivity contribution in [3.8, 4) is 0 Å². The zero-order chi connectivity index (χ0) is 18.9. The van der Waals surface area contributed by atoms with E-state index in [1.165, 1.54) is 5.56 Å². The predicted molar refractivity (Wildman–Crippen MR) is 99.5 cm³/mol. The Morgan fingerprint density at radius 1 is 1.04 bits per heavy atom. The van der Waals surface area contributed by atoms with E-state index in [4.69, 9.17) is 9.47 Å². The number of likely N-dealkylation sites (tertiary alicyclic amines) is 1. The number of amides is 1. The minimum atomic E-state index is -0.550. The molecule has 1 spiro atoms. The number of piperidine rings is 1. The van der Waals surface area contributed by atoms with E-state index in [1.807, 2.05) is 42.0 Å². The van der Waals surface area contributed by atoms with Crippen molar-refractivity contribution in [2.75, 3.05) is 26.3 Å². The fourth-order valence-corrected chi connectivity index (χ4v) is 3.74. The normalized spacial score (nSPS) is 18.8. The van der Waals surface area contributed by atoms with Crippen LogP contribution in [-0.4, -0.2) is 53.2 Å². The van der Waals surface area contributed by atoms with Crippen LogP contribution in [0.1, 0.15) is 34.5 Å². The minimum absolute atomic E-state index is 0.425. The van der Waals surface area contributed by atoms with Crippen LogP contribution in [-0.2, 0) is 20.8 Å². The van der Waals surface area contributed by atoms with Gasteiger partial charge in [0, 0.05) is 38.7 Å². The van der Waals surface area contributed by atoms with Gasteiger partial charge in [-0.05, 0) is 24.6 Å². The van der Waals surface area contributed by atoms with Crippen molar-refractivity contribution in [3.05, 3.63) is 59.4 Å². The van der Waals surface area contributed by atoms with Crippen LogP contribution in [0.15, 0.2) is 42.6 Å². The van der Waals surface area contributed by atoms with Crippen molar-refractivity contribution >= 4 is 11.7 Å². The van der Waals surface area contributed by atoms with Gasteiger partial charge in [-0.3, -0.25) is 9.59 Å². The predicted octanol–water partition coefficient (Wildman–Crippen LogP) is 2.39. The highest BCUT2D eigenvalue weighted by Crippen LogP contribution is 2.31. The summed E-state index contributed by atoms with van der Waals surface area (Å²) in [5.74, 6) is -1.46. The highest BCUT2D eigenvalue weighted by Gasteiger charge is 2.41. The number of nitrogens with zero attached hydrogens (tertiary/aromatic N) is 2. The Balaban J connectivity index is 1.43. The second-order valence-electron chi connectivity index (χ2n) is 7.24. The van der Waals surface area contributed by atoms with E-state index >= 15 is 0 Å². The van der Waals surface area contributed by atoms with E-state index in [9.17, 15) is 9.59 Å².